The molecule has 3 amide bonds. The van der Waals surface area contributed by atoms with E-state index in [0.717, 1.165) is 12.0 Å². The van der Waals surface area contributed by atoms with Gasteiger partial charge in [0, 0.05) is 6.54 Å². The summed E-state index contributed by atoms with van der Waals surface area (Å²) >= 11 is 0. The molecule has 0 heterocycles. The van der Waals surface area contributed by atoms with Gasteiger partial charge in [-0.05, 0) is 42.5 Å². The second kappa shape index (κ2) is 11.1. The summed E-state index contributed by atoms with van der Waals surface area (Å²) in [6.45, 7) is 0.340. The number of hydrogen-bond acceptors (Lipinski definition) is 4. The zero-order valence-electron chi connectivity index (χ0n) is 16.0. The van der Waals surface area contributed by atoms with Crippen molar-refractivity contribution in [3.8, 4) is 5.75 Å². The fourth-order valence-corrected chi connectivity index (χ4v) is 3.36. The molecule has 0 unspecified atom stereocenters. The highest BCUT2D eigenvalue weighted by Gasteiger charge is 2.22. The molecule has 0 bridgehead atoms. The number of primary amides is 1. The lowest BCUT2D eigenvalue weighted by Gasteiger charge is -2.16. The average Bonchev–Trinajstić information content (AvgIpc) is 3.16. The minimum Gasteiger partial charge on any atom is -0.508 e. The minimum atomic E-state index is -0.999. The number of carbonyl (C=O) groups is 3. The molecule has 0 radical (unpaired) electrons. The standard InChI is InChI=1S/C21H29N3O4/c22-19(26)14-18(24-20(27)7-3-6-15-4-1-2-5-15)21(28)23-13-12-16-8-10-17(25)11-9-16/h3,7-11,15,18,25H,1-2,4-6,12-14H2,(H2,22,26)(H,23,28)(H,24,27)/b7-3+/t18-/m1/s1. The Labute approximate surface area is 165 Å². The maximum absolute atomic E-state index is 12.3. The van der Waals surface area contributed by atoms with Gasteiger partial charge in [-0.15, -0.1) is 0 Å². The van der Waals surface area contributed by atoms with Crippen molar-refractivity contribution in [2.24, 2.45) is 11.7 Å². The Bertz CT molecular complexity index is 694. The highest BCUT2D eigenvalue weighted by Crippen LogP contribution is 2.27. The number of allylic oxidation sites excluding steroid dienone is 1. The van der Waals surface area contributed by atoms with Crippen molar-refractivity contribution >= 4 is 17.7 Å². The number of nitrogens with two attached hydrogens (primary N) is 1. The number of phenols is 1. The van der Waals surface area contributed by atoms with Gasteiger partial charge in [0.05, 0.1) is 6.42 Å². The SMILES string of the molecule is NC(=O)C[C@@H](NC(=O)/C=C/CC1CCCC1)C(=O)NCCc1ccc(O)cc1. The normalized spacial score (nSPS) is 15.4. The van der Waals surface area contributed by atoms with Gasteiger partial charge in [0.1, 0.15) is 11.8 Å². The number of benzene rings is 1. The van der Waals surface area contributed by atoms with E-state index in [1.807, 2.05) is 6.08 Å². The lowest BCUT2D eigenvalue weighted by atomic mass is 10.0. The number of nitrogens with one attached hydrogen (secondary N) is 2. The second-order valence-electron chi connectivity index (χ2n) is 7.23. The van der Waals surface area contributed by atoms with Gasteiger partial charge in [0.2, 0.25) is 17.7 Å². The largest absolute Gasteiger partial charge is 0.508 e. The number of amides is 3. The molecule has 1 atom stereocenters. The van der Waals surface area contributed by atoms with E-state index in [1.165, 1.54) is 31.8 Å². The molecule has 1 aromatic carbocycles. The molecule has 28 heavy (non-hydrogen) atoms. The molecule has 1 saturated carbocycles. The van der Waals surface area contributed by atoms with Crippen molar-refractivity contribution in [1.82, 2.24) is 10.6 Å². The van der Waals surface area contributed by atoms with Crippen LogP contribution in [0.4, 0.5) is 0 Å². The monoisotopic (exact) mass is 387 g/mol. The Morgan fingerprint density at radius 1 is 1.18 bits per heavy atom. The first-order valence-electron chi connectivity index (χ1n) is 9.75. The lowest BCUT2D eigenvalue weighted by Crippen LogP contribution is -2.48. The van der Waals surface area contributed by atoms with Crippen molar-refractivity contribution in [1.29, 1.82) is 0 Å². The third-order valence-corrected chi connectivity index (χ3v) is 4.90. The fraction of sp³-hybridized carbons (Fsp3) is 0.476. The van der Waals surface area contributed by atoms with Crippen LogP contribution in [-0.4, -0.2) is 35.4 Å². The molecule has 0 aromatic heterocycles. The number of phenolic OH excluding ortho intramolecular Hbond substituents is 1. The first-order valence-corrected chi connectivity index (χ1v) is 9.75. The van der Waals surface area contributed by atoms with Gasteiger partial charge in [0.15, 0.2) is 0 Å². The Morgan fingerprint density at radius 2 is 1.86 bits per heavy atom. The maximum atomic E-state index is 12.3. The molecular weight excluding hydrogens is 358 g/mol. The van der Waals surface area contributed by atoms with E-state index >= 15 is 0 Å². The number of hydrogen-bond donors (Lipinski definition) is 4. The van der Waals surface area contributed by atoms with Crippen LogP contribution in [0.15, 0.2) is 36.4 Å². The minimum absolute atomic E-state index is 0.179. The summed E-state index contributed by atoms with van der Waals surface area (Å²) in [7, 11) is 0. The van der Waals surface area contributed by atoms with Crippen molar-refractivity contribution in [2.45, 2.75) is 51.0 Å². The Hall–Kier alpha value is -2.83. The van der Waals surface area contributed by atoms with Gasteiger partial charge in [-0.3, -0.25) is 14.4 Å². The number of carbonyl (C=O) groups excluding carboxylic acids is 3. The van der Waals surface area contributed by atoms with Gasteiger partial charge in [0.25, 0.3) is 0 Å². The van der Waals surface area contributed by atoms with E-state index in [2.05, 4.69) is 10.6 Å². The molecule has 1 aliphatic carbocycles. The third kappa shape index (κ3) is 7.82. The van der Waals surface area contributed by atoms with Crippen LogP contribution < -0.4 is 16.4 Å². The Balaban J connectivity index is 1.80. The summed E-state index contributed by atoms with van der Waals surface area (Å²) in [5, 5.41) is 14.5. The van der Waals surface area contributed by atoms with E-state index in [4.69, 9.17) is 5.73 Å². The summed E-state index contributed by atoms with van der Waals surface area (Å²) in [6.07, 6.45) is 9.29. The van der Waals surface area contributed by atoms with Crippen molar-refractivity contribution in [3.63, 3.8) is 0 Å². The summed E-state index contributed by atoms with van der Waals surface area (Å²) in [5.41, 5.74) is 6.16. The van der Waals surface area contributed by atoms with Gasteiger partial charge in [-0.1, -0.05) is 43.9 Å². The number of aromatic hydroxyl groups is 1. The molecule has 152 valence electrons. The van der Waals surface area contributed by atoms with Crippen LogP contribution in [-0.2, 0) is 20.8 Å². The molecule has 2 rings (SSSR count). The molecule has 0 saturated heterocycles. The highest BCUT2D eigenvalue weighted by molar-refractivity contribution is 5.95. The van der Waals surface area contributed by atoms with Crippen molar-refractivity contribution in [2.75, 3.05) is 6.54 Å². The molecule has 0 aliphatic heterocycles. The summed E-state index contributed by atoms with van der Waals surface area (Å²) in [6, 6.07) is 5.68. The average molecular weight is 387 g/mol. The van der Waals surface area contributed by atoms with Crippen LogP contribution in [0.5, 0.6) is 5.75 Å². The molecule has 7 nitrogen and oxygen atoms in total. The second-order valence-corrected chi connectivity index (χ2v) is 7.23. The van der Waals surface area contributed by atoms with Crippen LogP contribution in [0.2, 0.25) is 0 Å². The van der Waals surface area contributed by atoms with Gasteiger partial charge in [-0.2, -0.15) is 0 Å². The van der Waals surface area contributed by atoms with Gasteiger partial charge >= 0.3 is 0 Å². The van der Waals surface area contributed by atoms with Gasteiger partial charge in [-0.25, -0.2) is 0 Å². The first-order chi connectivity index (χ1) is 13.4. The zero-order chi connectivity index (χ0) is 20.4. The topological polar surface area (TPSA) is 122 Å². The van der Waals surface area contributed by atoms with Crippen LogP contribution in [0, 0.1) is 5.92 Å². The van der Waals surface area contributed by atoms with E-state index in [1.54, 1.807) is 24.3 Å². The molecule has 0 spiro atoms. The zero-order valence-corrected chi connectivity index (χ0v) is 16.0. The van der Waals surface area contributed by atoms with Crippen LogP contribution in [0.3, 0.4) is 0 Å². The van der Waals surface area contributed by atoms with E-state index in [0.29, 0.717) is 18.9 Å². The maximum Gasteiger partial charge on any atom is 0.244 e. The Morgan fingerprint density at radius 3 is 2.50 bits per heavy atom. The van der Waals surface area contributed by atoms with Crippen LogP contribution in [0.25, 0.3) is 0 Å². The van der Waals surface area contributed by atoms with Crippen LogP contribution in [0.1, 0.15) is 44.1 Å². The Kier molecular flexibility index (Phi) is 8.52. The fourth-order valence-electron chi connectivity index (χ4n) is 3.36. The van der Waals surface area contributed by atoms with E-state index < -0.39 is 23.8 Å². The van der Waals surface area contributed by atoms with Crippen molar-refractivity contribution in [3.05, 3.63) is 42.0 Å². The molecule has 7 heteroatoms. The quantitative estimate of drug-likeness (QED) is 0.455. The predicted molar refractivity (Wildman–Crippen MR) is 106 cm³/mol. The third-order valence-electron chi connectivity index (χ3n) is 4.90. The van der Waals surface area contributed by atoms with Gasteiger partial charge < -0.3 is 21.5 Å². The molecule has 5 N–H and O–H groups in total. The van der Waals surface area contributed by atoms with Crippen LogP contribution >= 0.6 is 0 Å². The van der Waals surface area contributed by atoms with Crippen molar-refractivity contribution < 1.29 is 19.5 Å². The smallest absolute Gasteiger partial charge is 0.244 e. The van der Waals surface area contributed by atoms with E-state index in [-0.39, 0.29) is 12.2 Å². The van der Waals surface area contributed by atoms with E-state index in [9.17, 15) is 19.5 Å². The lowest BCUT2D eigenvalue weighted by molar-refractivity contribution is -0.129. The first kappa shape index (κ1) is 21.5. The molecule has 1 aliphatic rings. The summed E-state index contributed by atoms with van der Waals surface area (Å²) < 4.78 is 0. The highest BCUT2D eigenvalue weighted by atomic mass is 16.3. The number of rotatable bonds is 10. The molecular formula is C21H29N3O4. The summed E-state index contributed by atoms with van der Waals surface area (Å²) in [4.78, 5) is 35.7. The molecule has 1 fully saturated rings. The molecule has 1 aromatic rings. The predicted octanol–water partition coefficient (Wildman–Crippen LogP) is 1.55. The summed E-state index contributed by atoms with van der Waals surface area (Å²) in [5.74, 6) is -0.700.